The lowest BCUT2D eigenvalue weighted by Crippen LogP contribution is -2.46. The topological polar surface area (TPSA) is 105 Å². The zero-order valence-corrected chi connectivity index (χ0v) is 23.1. The van der Waals surface area contributed by atoms with Crippen molar-refractivity contribution >= 4 is 28.6 Å². The van der Waals surface area contributed by atoms with Gasteiger partial charge >= 0.3 is 0 Å². The SMILES string of the molecule is CC(=O)c1c(C)c2cnc(Nc3ccc(C4CCN(C5CCNCC5)CC4)cn3)nc2n(C2CCCC2)c1=O. The second-order valence-corrected chi connectivity index (χ2v) is 11.5. The number of hydrogen-bond acceptors (Lipinski definition) is 8. The van der Waals surface area contributed by atoms with Gasteiger partial charge in [-0.05, 0) is 102 Å². The van der Waals surface area contributed by atoms with Crippen molar-refractivity contribution < 1.29 is 4.79 Å². The average Bonchev–Trinajstić information content (AvgIpc) is 3.48. The Morgan fingerprint density at radius 2 is 1.72 bits per heavy atom. The van der Waals surface area contributed by atoms with Crippen molar-refractivity contribution in [3.05, 3.63) is 51.6 Å². The van der Waals surface area contributed by atoms with Gasteiger partial charge in [-0.3, -0.25) is 14.2 Å². The lowest BCUT2D eigenvalue weighted by molar-refractivity contribution is 0.101. The zero-order valence-electron chi connectivity index (χ0n) is 23.1. The van der Waals surface area contributed by atoms with Gasteiger partial charge in [-0.15, -0.1) is 0 Å². The van der Waals surface area contributed by atoms with Crippen LogP contribution in [0, 0.1) is 6.92 Å². The Morgan fingerprint density at radius 1 is 0.974 bits per heavy atom. The molecule has 9 nitrogen and oxygen atoms in total. The minimum Gasteiger partial charge on any atom is -0.317 e. The lowest BCUT2D eigenvalue weighted by atomic mass is 9.89. The van der Waals surface area contributed by atoms with Crippen molar-refractivity contribution in [1.82, 2.24) is 29.7 Å². The normalized spacial score (nSPS) is 20.1. The number of piperidine rings is 2. The van der Waals surface area contributed by atoms with E-state index in [0.29, 0.717) is 28.9 Å². The Balaban J connectivity index is 1.20. The van der Waals surface area contributed by atoms with Gasteiger partial charge in [-0.1, -0.05) is 18.9 Å². The number of rotatable bonds is 6. The molecule has 2 N–H and O–H groups in total. The van der Waals surface area contributed by atoms with E-state index in [1.54, 1.807) is 10.8 Å². The maximum atomic E-state index is 13.4. The molecular formula is C30H39N7O2. The molecule has 3 aliphatic rings. The summed E-state index contributed by atoms with van der Waals surface area (Å²) in [5.41, 5.74) is 2.53. The fourth-order valence-electron chi connectivity index (χ4n) is 6.91. The summed E-state index contributed by atoms with van der Waals surface area (Å²) in [5.74, 6) is 1.41. The van der Waals surface area contributed by atoms with E-state index in [9.17, 15) is 9.59 Å². The van der Waals surface area contributed by atoms with Crippen LogP contribution in [0.25, 0.3) is 11.0 Å². The van der Waals surface area contributed by atoms with Crippen LogP contribution in [0.3, 0.4) is 0 Å². The molecule has 0 radical (unpaired) electrons. The Bertz CT molecular complexity index is 1400. The number of aromatic nitrogens is 4. The second-order valence-electron chi connectivity index (χ2n) is 11.5. The van der Waals surface area contributed by atoms with Gasteiger partial charge in [-0.25, -0.2) is 9.97 Å². The molecule has 3 aromatic rings. The Hall–Kier alpha value is -3.17. The number of pyridine rings is 2. The first kappa shape index (κ1) is 26.1. The summed E-state index contributed by atoms with van der Waals surface area (Å²) in [4.78, 5) is 42.5. The van der Waals surface area contributed by atoms with Crippen molar-refractivity contribution in [3.63, 3.8) is 0 Å². The zero-order chi connectivity index (χ0) is 26.9. The van der Waals surface area contributed by atoms with Crippen molar-refractivity contribution in [2.24, 2.45) is 0 Å². The quantitative estimate of drug-likeness (QED) is 0.450. The molecule has 0 amide bonds. The summed E-state index contributed by atoms with van der Waals surface area (Å²) < 4.78 is 1.74. The fraction of sp³-hybridized carbons (Fsp3) is 0.567. The summed E-state index contributed by atoms with van der Waals surface area (Å²) >= 11 is 0. The van der Waals surface area contributed by atoms with E-state index in [0.717, 1.165) is 63.3 Å². The lowest BCUT2D eigenvalue weighted by Gasteiger charge is -2.39. The van der Waals surface area contributed by atoms with Crippen LogP contribution in [-0.4, -0.2) is 62.4 Å². The summed E-state index contributed by atoms with van der Waals surface area (Å²) in [7, 11) is 0. The van der Waals surface area contributed by atoms with E-state index in [2.05, 4.69) is 31.6 Å². The number of Topliss-reactive ketones (excluding diaryl/α,β-unsaturated/α-hetero) is 1. The van der Waals surface area contributed by atoms with Crippen molar-refractivity contribution in [2.45, 2.75) is 83.2 Å². The van der Waals surface area contributed by atoms with E-state index >= 15 is 0 Å². The number of carbonyl (C=O) groups excluding carboxylic acids is 1. The molecule has 9 heteroatoms. The van der Waals surface area contributed by atoms with Crippen LogP contribution in [-0.2, 0) is 0 Å². The van der Waals surface area contributed by atoms with Crippen molar-refractivity contribution in [1.29, 1.82) is 0 Å². The number of nitrogens with zero attached hydrogens (tertiary/aromatic N) is 5. The summed E-state index contributed by atoms with van der Waals surface area (Å²) in [6.45, 7) is 7.87. The van der Waals surface area contributed by atoms with Gasteiger partial charge in [-0.2, -0.15) is 4.98 Å². The van der Waals surface area contributed by atoms with Crippen molar-refractivity contribution in [2.75, 3.05) is 31.5 Å². The molecule has 3 aromatic heterocycles. The molecule has 1 saturated carbocycles. The van der Waals surface area contributed by atoms with E-state index in [-0.39, 0.29) is 22.9 Å². The molecule has 39 heavy (non-hydrogen) atoms. The van der Waals surface area contributed by atoms with Crippen LogP contribution in [0.1, 0.15) is 91.7 Å². The fourth-order valence-corrected chi connectivity index (χ4v) is 6.91. The third-order valence-electron chi connectivity index (χ3n) is 9.10. The molecular weight excluding hydrogens is 490 g/mol. The first-order valence-corrected chi connectivity index (χ1v) is 14.6. The third-order valence-corrected chi connectivity index (χ3v) is 9.10. The van der Waals surface area contributed by atoms with E-state index in [4.69, 9.17) is 4.98 Å². The standard InChI is InChI=1S/C30H39N7O2/c1-19-25-18-33-30(35-28(25)37(24-5-3-4-6-24)29(39)27(19)20(2)38)34-26-8-7-22(17-32-26)21-11-15-36(16-12-21)23-9-13-31-14-10-23/h7-8,17-18,21,23-24,31H,3-6,9-16H2,1-2H3,(H,32,33,34,35). The molecule has 0 spiro atoms. The summed E-state index contributed by atoms with van der Waals surface area (Å²) in [6.07, 6.45) is 12.6. The molecule has 0 atom stereocenters. The highest BCUT2D eigenvalue weighted by Crippen LogP contribution is 2.33. The predicted molar refractivity (Wildman–Crippen MR) is 153 cm³/mol. The Labute approximate surface area is 229 Å². The van der Waals surface area contributed by atoms with Gasteiger partial charge in [0.25, 0.3) is 5.56 Å². The van der Waals surface area contributed by atoms with Gasteiger partial charge < -0.3 is 15.5 Å². The number of fused-ring (bicyclic) bond motifs is 1. The molecule has 3 fully saturated rings. The monoisotopic (exact) mass is 529 g/mol. The minimum absolute atomic E-state index is 0.0556. The molecule has 2 aliphatic heterocycles. The van der Waals surface area contributed by atoms with Gasteiger partial charge in [0.05, 0.1) is 5.56 Å². The number of anilines is 2. The highest BCUT2D eigenvalue weighted by molar-refractivity contribution is 5.99. The molecule has 206 valence electrons. The smallest absolute Gasteiger partial charge is 0.263 e. The first-order valence-electron chi connectivity index (χ1n) is 14.6. The summed E-state index contributed by atoms with van der Waals surface area (Å²) in [5, 5.41) is 7.46. The van der Waals surface area contributed by atoms with E-state index in [1.165, 1.54) is 38.2 Å². The number of ketones is 1. The first-order chi connectivity index (χ1) is 19.0. The number of nitrogens with one attached hydrogen (secondary N) is 2. The molecule has 0 unspecified atom stereocenters. The van der Waals surface area contributed by atoms with Gasteiger partial charge in [0.2, 0.25) is 5.95 Å². The van der Waals surface area contributed by atoms with Crippen LogP contribution < -0.4 is 16.2 Å². The predicted octanol–water partition coefficient (Wildman–Crippen LogP) is 4.49. The minimum atomic E-state index is -0.238. The number of hydrogen-bond donors (Lipinski definition) is 2. The van der Waals surface area contributed by atoms with Crippen LogP contribution in [0.4, 0.5) is 11.8 Å². The highest BCUT2D eigenvalue weighted by Gasteiger charge is 2.28. The molecule has 5 heterocycles. The Morgan fingerprint density at radius 3 is 2.38 bits per heavy atom. The van der Waals surface area contributed by atoms with Gasteiger partial charge in [0, 0.05) is 29.9 Å². The van der Waals surface area contributed by atoms with E-state index in [1.807, 2.05) is 19.2 Å². The third kappa shape index (κ3) is 5.22. The second kappa shape index (κ2) is 11.1. The molecule has 0 bridgehead atoms. The van der Waals surface area contributed by atoms with Crippen LogP contribution in [0.5, 0.6) is 0 Å². The number of likely N-dealkylation sites (tertiary alicyclic amines) is 1. The van der Waals surface area contributed by atoms with Crippen LogP contribution >= 0.6 is 0 Å². The van der Waals surface area contributed by atoms with Gasteiger partial charge in [0.1, 0.15) is 11.5 Å². The number of aryl methyl sites for hydroxylation is 1. The molecule has 0 aromatic carbocycles. The van der Waals surface area contributed by atoms with Crippen LogP contribution in [0.15, 0.2) is 29.3 Å². The molecule has 6 rings (SSSR count). The number of carbonyl (C=O) groups is 1. The molecule has 2 saturated heterocycles. The Kier molecular flexibility index (Phi) is 7.44. The highest BCUT2D eigenvalue weighted by atomic mass is 16.1. The van der Waals surface area contributed by atoms with Gasteiger partial charge in [0.15, 0.2) is 5.78 Å². The maximum absolute atomic E-state index is 13.4. The average molecular weight is 530 g/mol. The largest absolute Gasteiger partial charge is 0.317 e. The van der Waals surface area contributed by atoms with Crippen LogP contribution in [0.2, 0.25) is 0 Å². The maximum Gasteiger partial charge on any atom is 0.263 e. The molecule has 1 aliphatic carbocycles. The summed E-state index contributed by atoms with van der Waals surface area (Å²) in [6, 6.07) is 4.96. The van der Waals surface area contributed by atoms with E-state index < -0.39 is 0 Å². The van der Waals surface area contributed by atoms with Crippen molar-refractivity contribution in [3.8, 4) is 0 Å².